The van der Waals surface area contributed by atoms with Crippen molar-refractivity contribution < 1.29 is 15.0 Å². The lowest BCUT2D eigenvalue weighted by molar-refractivity contribution is 0.0702. The van der Waals surface area contributed by atoms with Crippen LogP contribution in [0.15, 0.2) is 17.9 Å². The van der Waals surface area contributed by atoms with Gasteiger partial charge in [-0.25, -0.2) is 4.79 Å². The fourth-order valence-corrected chi connectivity index (χ4v) is 1.14. The van der Waals surface area contributed by atoms with Crippen LogP contribution in [0.4, 0.5) is 0 Å². The van der Waals surface area contributed by atoms with Crippen molar-refractivity contribution in [3.8, 4) is 5.75 Å². The van der Waals surface area contributed by atoms with Crippen LogP contribution in [0.25, 0.3) is 0 Å². The maximum absolute atomic E-state index is 10.3. The van der Waals surface area contributed by atoms with E-state index in [1.807, 2.05) is 0 Å². The van der Waals surface area contributed by atoms with Crippen molar-refractivity contribution in [2.24, 2.45) is 0 Å². The lowest BCUT2D eigenvalue weighted by atomic mass is 10.4. The van der Waals surface area contributed by atoms with Crippen molar-refractivity contribution in [3.05, 3.63) is 23.2 Å². The number of hydrogen-bond donors (Lipinski definition) is 2. The van der Waals surface area contributed by atoms with E-state index in [0.717, 1.165) is 0 Å². The lowest BCUT2D eigenvalue weighted by Gasteiger charge is -1.91. The molecular formula is C6H5O3P. The van der Waals surface area contributed by atoms with Crippen LogP contribution < -0.4 is 0 Å². The summed E-state index contributed by atoms with van der Waals surface area (Å²) in [4.78, 5) is 10.3. The number of hydrogen-bond acceptors (Lipinski definition) is 2. The molecule has 0 amide bonds. The van der Waals surface area contributed by atoms with E-state index in [1.54, 1.807) is 0 Å². The number of aromatic carboxylic acids is 1. The second-order valence-corrected chi connectivity index (χ2v) is 2.70. The third kappa shape index (κ3) is 1.45. The Hall–Kier alpha value is -1.08. The molecule has 0 aliphatic carbocycles. The highest BCUT2D eigenvalue weighted by Gasteiger charge is 2.00. The summed E-state index contributed by atoms with van der Waals surface area (Å²) in [6.07, 6.45) is 0. The molecule has 0 fully saturated rings. The highest BCUT2D eigenvalue weighted by molar-refractivity contribution is 7.31. The van der Waals surface area contributed by atoms with Crippen LogP contribution in [0.5, 0.6) is 5.75 Å². The molecule has 1 aromatic rings. The molecule has 0 unspecified atom stereocenters. The van der Waals surface area contributed by atoms with Gasteiger partial charge in [0.2, 0.25) is 0 Å². The predicted molar refractivity (Wildman–Crippen MR) is 37.6 cm³/mol. The van der Waals surface area contributed by atoms with Crippen molar-refractivity contribution >= 4 is 14.2 Å². The first-order valence-corrected chi connectivity index (χ1v) is 3.55. The summed E-state index contributed by atoms with van der Waals surface area (Å²) in [5, 5.41) is 17.5. The molecule has 0 saturated carbocycles. The van der Waals surface area contributed by atoms with Crippen molar-refractivity contribution in [1.82, 2.24) is 0 Å². The summed E-state index contributed by atoms with van der Waals surface area (Å²) in [6, 6.07) is 2.75. The van der Waals surface area contributed by atoms with Gasteiger partial charge in [0.1, 0.15) is 5.75 Å². The molecule has 0 spiro atoms. The molecule has 0 saturated heterocycles. The molecule has 0 bridgehead atoms. The van der Waals surface area contributed by atoms with Crippen LogP contribution in [0.2, 0.25) is 0 Å². The minimum atomic E-state index is -0.943. The van der Waals surface area contributed by atoms with Crippen molar-refractivity contribution in [1.29, 1.82) is 0 Å². The molecule has 1 aromatic heterocycles. The van der Waals surface area contributed by atoms with Gasteiger partial charge < -0.3 is 10.2 Å². The second-order valence-electron chi connectivity index (χ2n) is 1.71. The fourth-order valence-electron chi connectivity index (χ4n) is 0.513. The van der Waals surface area contributed by atoms with Gasteiger partial charge in [-0.3, -0.25) is 0 Å². The molecule has 2 N–H and O–H groups in total. The number of rotatable bonds is 1. The smallest absolute Gasteiger partial charge is 0.340 e. The molecule has 4 heteroatoms. The molecule has 0 radical (unpaired) electrons. The molecule has 10 heavy (non-hydrogen) atoms. The van der Waals surface area contributed by atoms with Gasteiger partial charge >= 0.3 is 5.97 Å². The zero-order chi connectivity index (χ0) is 7.56. The van der Waals surface area contributed by atoms with E-state index in [2.05, 4.69) is 0 Å². The van der Waals surface area contributed by atoms with E-state index in [9.17, 15) is 4.79 Å². The Morgan fingerprint density at radius 1 is 1.50 bits per heavy atom. The zero-order valence-corrected chi connectivity index (χ0v) is 5.88. The molecule has 52 valence electrons. The first-order chi connectivity index (χ1) is 4.70. The number of carboxylic acids is 1. The molecule has 1 rings (SSSR count). The van der Waals surface area contributed by atoms with Gasteiger partial charge in [-0.05, 0) is 12.1 Å². The van der Waals surface area contributed by atoms with Gasteiger partial charge in [0.05, 0.1) is 5.30 Å². The highest BCUT2D eigenvalue weighted by Crippen LogP contribution is 2.19. The molecule has 0 aliphatic rings. The Morgan fingerprint density at radius 3 is 2.60 bits per heavy atom. The molecule has 1 heterocycles. The largest absolute Gasteiger partial charge is 0.508 e. The number of aromatic hydroxyl groups is 1. The van der Waals surface area contributed by atoms with Gasteiger partial charge in [0.25, 0.3) is 0 Å². The SMILES string of the molecule is O=C(O)c1ccc(O)cp1. The normalized spacial score (nSPS) is 10.0. The molecule has 0 atom stereocenters. The van der Waals surface area contributed by atoms with E-state index < -0.39 is 5.97 Å². The lowest BCUT2D eigenvalue weighted by Crippen LogP contribution is -1.90. The summed E-state index contributed by atoms with van der Waals surface area (Å²) < 4.78 is 0. The Kier molecular flexibility index (Phi) is 1.88. The van der Waals surface area contributed by atoms with Gasteiger partial charge in [-0.2, -0.15) is 0 Å². The van der Waals surface area contributed by atoms with E-state index >= 15 is 0 Å². The fraction of sp³-hybridized carbons (Fsp3) is 0. The van der Waals surface area contributed by atoms with Gasteiger partial charge in [0, 0.05) is 5.80 Å². The first-order valence-electron chi connectivity index (χ1n) is 2.58. The highest BCUT2D eigenvalue weighted by atomic mass is 31.0. The summed E-state index contributed by atoms with van der Waals surface area (Å²) in [7, 11) is 0.535. The van der Waals surface area contributed by atoms with Gasteiger partial charge in [0.15, 0.2) is 0 Å². The molecule has 0 aromatic carbocycles. The maximum atomic E-state index is 10.3. The van der Waals surface area contributed by atoms with Crippen LogP contribution in [0.3, 0.4) is 0 Å². The Morgan fingerprint density at radius 2 is 2.20 bits per heavy atom. The summed E-state index contributed by atoms with van der Waals surface area (Å²) in [5.74, 6) is 0.608. The third-order valence-corrected chi connectivity index (χ3v) is 1.98. The summed E-state index contributed by atoms with van der Waals surface area (Å²) in [6.45, 7) is 0. The van der Waals surface area contributed by atoms with Crippen LogP contribution in [0, 0.1) is 0 Å². The van der Waals surface area contributed by atoms with Gasteiger partial charge in [-0.15, -0.1) is 0 Å². The molecule has 3 nitrogen and oxygen atoms in total. The van der Waals surface area contributed by atoms with E-state index in [1.165, 1.54) is 17.9 Å². The first kappa shape index (κ1) is 7.03. The minimum Gasteiger partial charge on any atom is -0.508 e. The van der Waals surface area contributed by atoms with Crippen molar-refractivity contribution in [2.75, 3.05) is 0 Å². The number of carbonyl (C=O) groups is 1. The monoisotopic (exact) mass is 156 g/mol. The standard InChI is InChI=1S/C6H5O3P/c7-4-1-2-5(6(8)9)10-3-4/h1-3,7H,(H,8,9). The van der Waals surface area contributed by atoms with Crippen LogP contribution in [-0.2, 0) is 0 Å². The predicted octanol–water partition coefficient (Wildman–Crippen LogP) is 1.67. The Bertz CT molecular complexity index is 242. The van der Waals surface area contributed by atoms with Gasteiger partial charge in [-0.1, -0.05) is 8.19 Å². The van der Waals surface area contributed by atoms with E-state index in [-0.39, 0.29) is 11.0 Å². The second kappa shape index (κ2) is 2.67. The quantitative estimate of drug-likeness (QED) is 0.650. The Balaban J connectivity index is 3.00. The van der Waals surface area contributed by atoms with E-state index in [0.29, 0.717) is 8.19 Å². The minimum absolute atomic E-state index is 0.117. The van der Waals surface area contributed by atoms with Crippen LogP contribution in [-0.4, -0.2) is 16.2 Å². The van der Waals surface area contributed by atoms with Crippen LogP contribution >= 0.6 is 8.19 Å². The van der Waals surface area contributed by atoms with E-state index in [4.69, 9.17) is 10.2 Å². The number of carboxylic acid groups (broad SMARTS) is 1. The average molecular weight is 156 g/mol. The molecule has 0 aliphatic heterocycles. The summed E-state index contributed by atoms with van der Waals surface area (Å²) >= 11 is 0. The molecular weight excluding hydrogens is 151 g/mol. The zero-order valence-electron chi connectivity index (χ0n) is 4.98. The maximum Gasteiger partial charge on any atom is 0.340 e. The summed E-state index contributed by atoms with van der Waals surface area (Å²) in [5.41, 5.74) is 0. The third-order valence-electron chi connectivity index (χ3n) is 0.967. The van der Waals surface area contributed by atoms with Crippen LogP contribution in [0.1, 0.15) is 10.1 Å². The van der Waals surface area contributed by atoms with Crippen molar-refractivity contribution in [2.45, 2.75) is 0 Å². The van der Waals surface area contributed by atoms with Crippen molar-refractivity contribution in [3.63, 3.8) is 0 Å². The Labute approximate surface area is 59.0 Å². The topological polar surface area (TPSA) is 57.5 Å². The average Bonchev–Trinajstić information content (AvgIpc) is 1.88.